The first kappa shape index (κ1) is 18.3. The SMILES string of the molecule is CCCC(NC(C)(C)C)C(=O)C(=O)NCC1=Nc2ccccc2C1. The minimum Gasteiger partial charge on any atom is -0.344 e. The number of para-hydroxylation sites is 1. The number of nitrogens with one attached hydrogen (secondary N) is 2. The van der Waals surface area contributed by atoms with E-state index in [4.69, 9.17) is 0 Å². The van der Waals surface area contributed by atoms with Gasteiger partial charge in [-0.3, -0.25) is 14.6 Å². The average Bonchev–Trinajstić information content (AvgIpc) is 2.93. The van der Waals surface area contributed by atoms with E-state index in [-0.39, 0.29) is 5.54 Å². The number of hydrogen-bond donors (Lipinski definition) is 2. The van der Waals surface area contributed by atoms with Crippen molar-refractivity contribution >= 4 is 23.1 Å². The fourth-order valence-electron chi connectivity index (χ4n) is 2.81. The number of ketones is 1. The first-order chi connectivity index (χ1) is 11.3. The molecule has 2 N–H and O–H groups in total. The van der Waals surface area contributed by atoms with E-state index in [0.717, 1.165) is 29.8 Å². The summed E-state index contributed by atoms with van der Waals surface area (Å²) < 4.78 is 0. The van der Waals surface area contributed by atoms with Gasteiger partial charge in [-0.1, -0.05) is 31.5 Å². The lowest BCUT2D eigenvalue weighted by Gasteiger charge is -2.27. The van der Waals surface area contributed by atoms with Crippen LogP contribution in [-0.2, 0) is 16.0 Å². The highest BCUT2D eigenvalue weighted by atomic mass is 16.2. The van der Waals surface area contributed by atoms with Gasteiger partial charge in [-0.15, -0.1) is 0 Å². The second-order valence-electron chi connectivity index (χ2n) is 7.27. The zero-order chi connectivity index (χ0) is 17.7. The molecular formula is C19H27N3O2. The highest BCUT2D eigenvalue weighted by Gasteiger charge is 2.28. The monoisotopic (exact) mass is 329 g/mol. The van der Waals surface area contributed by atoms with Crippen molar-refractivity contribution in [3.05, 3.63) is 29.8 Å². The Morgan fingerprint density at radius 1 is 1.25 bits per heavy atom. The molecule has 24 heavy (non-hydrogen) atoms. The molecule has 0 spiro atoms. The van der Waals surface area contributed by atoms with E-state index in [1.165, 1.54) is 0 Å². The summed E-state index contributed by atoms with van der Waals surface area (Å²) >= 11 is 0. The Morgan fingerprint density at radius 3 is 2.58 bits per heavy atom. The molecular weight excluding hydrogens is 302 g/mol. The zero-order valence-corrected chi connectivity index (χ0v) is 15.0. The number of nitrogens with zero attached hydrogens (tertiary/aromatic N) is 1. The van der Waals surface area contributed by atoms with Crippen molar-refractivity contribution in [3.63, 3.8) is 0 Å². The van der Waals surface area contributed by atoms with Gasteiger partial charge >= 0.3 is 0 Å². The molecule has 0 fully saturated rings. The van der Waals surface area contributed by atoms with Crippen LogP contribution < -0.4 is 10.6 Å². The molecule has 5 heteroatoms. The van der Waals surface area contributed by atoms with Gasteiger partial charge in [-0.25, -0.2) is 0 Å². The quantitative estimate of drug-likeness (QED) is 0.755. The number of hydrogen-bond acceptors (Lipinski definition) is 4. The number of carbonyl (C=O) groups excluding carboxylic acids is 2. The number of amides is 1. The Labute approximate surface area is 143 Å². The summed E-state index contributed by atoms with van der Waals surface area (Å²) in [5.74, 6) is -0.938. The van der Waals surface area contributed by atoms with Crippen molar-refractivity contribution in [2.75, 3.05) is 6.54 Å². The van der Waals surface area contributed by atoms with Crippen LogP contribution in [0.25, 0.3) is 0 Å². The number of benzene rings is 1. The van der Waals surface area contributed by atoms with Gasteiger partial charge in [0.25, 0.3) is 5.91 Å². The molecule has 130 valence electrons. The summed E-state index contributed by atoms with van der Waals surface area (Å²) in [7, 11) is 0. The van der Waals surface area contributed by atoms with Gasteiger partial charge in [-0.05, 0) is 38.8 Å². The molecule has 0 aromatic heterocycles. The molecule has 2 rings (SSSR count). The predicted molar refractivity (Wildman–Crippen MR) is 96.8 cm³/mol. The van der Waals surface area contributed by atoms with E-state index in [1.807, 2.05) is 52.0 Å². The standard InChI is InChI=1S/C19H27N3O2/c1-5-8-16(22-19(2,3)4)17(23)18(24)20-12-14-11-13-9-6-7-10-15(13)21-14/h6-7,9-10,16,22H,5,8,11-12H2,1-4H3,(H,20,24). The highest BCUT2D eigenvalue weighted by molar-refractivity contribution is 6.38. The smallest absolute Gasteiger partial charge is 0.289 e. The molecule has 0 saturated heterocycles. The Bertz CT molecular complexity index is 644. The maximum absolute atomic E-state index is 12.4. The molecule has 0 aliphatic carbocycles. The second-order valence-corrected chi connectivity index (χ2v) is 7.27. The van der Waals surface area contributed by atoms with Crippen LogP contribution in [0.15, 0.2) is 29.3 Å². The van der Waals surface area contributed by atoms with Crippen molar-refractivity contribution in [2.45, 2.75) is 58.5 Å². The van der Waals surface area contributed by atoms with Gasteiger partial charge in [0.2, 0.25) is 5.78 Å². The molecule has 1 aliphatic rings. The Morgan fingerprint density at radius 2 is 1.96 bits per heavy atom. The van der Waals surface area contributed by atoms with Crippen LogP contribution >= 0.6 is 0 Å². The number of Topliss-reactive ketones (excluding diaryl/α,β-unsaturated/α-hetero) is 1. The van der Waals surface area contributed by atoms with Gasteiger partial charge in [0.05, 0.1) is 18.3 Å². The Balaban J connectivity index is 1.91. The molecule has 1 unspecified atom stereocenters. The lowest BCUT2D eigenvalue weighted by molar-refractivity contribution is -0.139. The molecule has 1 aromatic carbocycles. The molecule has 0 bridgehead atoms. The van der Waals surface area contributed by atoms with E-state index in [0.29, 0.717) is 13.0 Å². The second kappa shape index (κ2) is 7.71. The third-order valence-corrected chi connectivity index (χ3v) is 3.84. The fourth-order valence-corrected chi connectivity index (χ4v) is 2.81. The summed E-state index contributed by atoms with van der Waals surface area (Å²) in [5, 5.41) is 5.96. The first-order valence-corrected chi connectivity index (χ1v) is 8.54. The van der Waals surface area contributed by atoms with Crippen molar-refractivity contribution in [1.82, 2.24) is 10.6 Å². The maximum Gasteiger partial charge on any atom is 0.289 e. The van der Waals surface area contributed by atoms with Crippen molar-refractivity contribution in [3.8, 4) is 0 Å². The van der Waals surface area contributed by atoms with Crippen molar-refractivity contribution < 1.29 is 9.59 Å². The molecule has 1 aliphatic heterocycles. The number of rotatable bonds is 7. The summed E-state index contributed by atoms with van der Waals surface area (Å²) in [6.45, 7) is 8.29. The molecule has 1 atom stereocenters. The largest absolute Gasteiger partial charge is 0.344 e. The van der Waals surface area contributed by atoms with Crippen LogP contribution in [0.2, 0.25) is 0 Å². The Kier molecular flexibility index (Phi) is 5.89. The van der Waals surface area contributed by atoms with Crippen molar-refractivity contribution in [1.29, 1.82) is 0 Å². The minimum absolute atomic E-state index is 0.215. The molecule has 1 amide bonds. The van der Waals surface area contributed by atoms with Crippen molar-refractivity contribution in [2.24, 2.45) is 4.99 Å². The van der Waals surface area contributed by atoms with E-state index in [2.05, 4.69) is 15.6 Å². The van der Waals surface area contributed by atoms with Gasteiger partial charge in [0.1, 0.15) is 0 Å². The lowest BCUT2D eigenvalue weighted by atomic mass is 10.0. The highest BCUT2D eigenvalue weighted by Crippen LogP contribution is 2.25. The van der Waals surface area contributed by atoms with Gasteiger partial charge in [0, 0.05) is 17.7 Å². The predicted octanol–water partition coefficient (Wildman–Crippen LogP) is 2.56. The number of carbonyl (C=O) groups is 2. The molecule has 1 aromatic rings. The zero-order valence-electron chi connectivity index (χ0n) is 15.0. The minimum atomic E-state index is -0.538. The molecule has 0 radical (unpaired) electrons. The van der Waals surface area contributed by atoms with Gasteiger partial charge < -0.3 is 10.6 Å². The number of aliphatic imine (C=N–C) groups is 1. The lowest BCUT2D eigenvalue weighted by Crippen LogP contribution is -2.52. The summed E-state index contributed by atoms with van der Waals surface area (Å²) in [6, 6.07) is 7.47. The van der Waals surface area contributed by atoms with Crippen LogP contribution in [-0.4, -0.2) is 35.5 Å². The van der Waals surface area contributed by atoms with E-state index < -0.39 is 17.7 Å². The fraction of sp³-hybridized carbons (Fsp3) is 0.526. The van der Waals surface area contributed by atoms with E-state index in [1.54, 1.807) is 0 Å². The third kappa shape index (κ3) is 4.99. The maximum atomic E-state index is 12.4. The van der Waals surface area contributed by atoms with Crippen LogP contribution in [0.5, 0.6) is 0 Å². The van der Waals surface area contributed by atoms with Crippen LogP contribution in [0, 0.1) is 0 Å². The normalized spacial score (nSPS) is 14.8. The summed E-state index contributed by atoms with van der Waals surface area (Å²) in [4.78, 5) is 29.1. The van der Waals surface area contributed by atoms with E-state index >= 15 is 0 Å². The van der Waals surface area contributed by atoms with Gasteiger partial charge in [0.15, 0.2) is 0 Å². The summed E-state index contributed by atoms with van der Waals surface area (Å²) in [6.07, 6.45) is 2.22. The number of fused-ring (bicyclic) bond motifs is 1. The molecule has 5 nitrogen and oxygen atoms in total. The van der Waals surface area contributed by atoms with Crippen LogP contribution in [0.4, 0.5) is 5.69 Å². The van der Waals surface area contributed by atoms with Crippen LogP contribution in [0.3, 0.4) is 0 Å². The summed E-state index contributed by atoms with van der Waals surface area (Å²) in [5.41, 5.74) is 2.78. The first-order valence-electron chi connectivity index (χ1n) is 8.54. The molecule has 1 heterocycles. The topological polar surface area (TPSA) is 70.6 Å². The van der Waals surface area contributed by atoms with Gasteiger partial charge in [-0.2, -0.15) is 0 Å². The Hall–Kier alpha value is -2.01. The average molecular weight is 329 g/mol. The van der Waals surface area contributed by atoms with Crippen LogP contribution in [0.1, 0.15) is 46.1 Å². The molecule has 0 saturated carbocycles. The van der Waals surface area contributed by atoms with E-state index in [9.17, 15) is 9.59 Å². The third-order valence-electron chi connectivity index (χ3n) is 3.84.